The Balaban J connectivity index is 0.000000113. The van der Waals surface area contributed by atoms with Crippen LogP contribution in [0.1, 0.15) is 49.9 Å². The summed E-state index contributed by atoms with van der Waals surface area (Å²) in [5, 5.41) is 29.9. The zero-order chi connectivity index (χ0) is 56.6. The fraction of sp³-hybridized carbons (Fsp3) is 0.0769. The molecule has 1 radical (unpaired) electrons. The maximum absolute atomic E-state index is 8.71. The molecule has 0 unspecified atom stereocenters. The number of rotatable bonds is 3. The van der Waals surface area contributed by atoms with Crippen LogP contribution >= 0.6 is 38.6 Å². The van der Waals surface area contributed by atoms with Gasteiger partial charge in [0.05, 0.1) is 4.70 Å². The molecule has 0 spiro atoms. The van der Waals surface area contributed by atoms with Gasteiger partial charge in [0.1, 0.15) is 5.75 Å². The van der Waals surface area contributed by atoms with E-state index < -0.39 is 0 Å². The van der Waals surface area contributed by atoms with Crippen LogP contribution in [0, 0.1) is 0 Å². The monoisotopic (exact) mass is 1180 g/mol. The van der Waals surface area contributed by atoms with Crippen molar-refractivity contribution in [2.75, 3.05) is 0 Å². The normalized spacial score (nSPS) is 13.5. The van der Waals surface area contributed by atoms with E-state index in [9.17, 15) is 0 Å². The van der Waals surface area contributed by atoms with Gasteiger partial charge in [-0.3, -0.25) is 0 Å². The molecule has 0 amide bonds. The maximum atomic E-state index is 8.71. The maximum Gasteiger partial charge on any atom is 0.569 e. The molecule has 18 rings (SSSR count). The van der Waals surface area contributed by atoms with Gasteiger partial charge in [-0.25, -0.2) is 0 Å². The van der Waals surface area contributed by atoms with Crippen LogP contribution in [0.2, 0.25) is 0 Å². The minimum absolute atomic E-state index is 0.00626. The Bertz CT molecular complexity index is 5440. The molecular formula is C78H53BBrO2S2. The van der Waals surface area contributed by atoms with Crippen molar-refractivity contribution < 1.29 is 9.68 Å². The van der Waals surface area contributed by atoms with E-state index in [1.807, 2.05) is 35.6 Å². The zero-order valence-electron chi connectivity index (χ0n) is 46.7. The van der Waals surface area contributed by atoms with Crippen LogP contribution in [-0.4, -0.2) is 12.7 Å². The van der Waals surface area contributed by atoms with E-state index in [0.29, 0.717) is 5.75 Å². The molecule has 2 aromatic heterocycles. The van der Waals surface area contributed by atoms with Gasteiger partial charge in [0.2, 0.25) is 0 Å². The van der Waals surface area contributed by atoms with Crippen LogP contribution in [0.15, 0.2) is 247 Å². The van der Waals surface area contributed by atoms with E-state index >= 15 is 0 Å². The Kier molecular flexibility index (Phi) is 11.8. The molecule has 2 aliphatic carbocycles. The number of thiophene rings is 2. The molecule has 0 saturated heterocycles. The zero-order valence-corrected chi connectivity index (χ0v) is 49.9. The van der Waals surface area contributed by atoms with Gasteiger partial charge in [-0.05, 0) is 181 Å². The average Bonchev–Trinajstić information content (AvgIpc) is 1.58. The summed E-state index contributed by atoms with van der Waals surface area (Å²) in [5.41, 5.74) is 13.7. The second-order valence-corrected chi connectivity index (χ2v) is 26.5. The number of fused-ring (bicyclic) bond motifs is 24. The van der Waals surface area contributed by atoms with E-state index in [2.05, 4.69) is 262 Å². The first kappa shape index (κ1) is 51.1. The first-order valence-electron chi connectivity index (χ1n) is 28.7. The minimum Gasteiger partial charge on any atom is -0.536 e. The SMILES string of the molecule is CC1(C)c2ccc(-c3cccc4c3sc3ccccc34)cc2-c2cc3c4ccccc4c4ccccc4c3cc21.CC1(C)c2ccc(Br)cc2-c2cc3c4ccccc4c4ccccc4c3cc21.O[B]Oc1cccc2c1sc1ccccc12. The van der Waals surface area contributed by atoms with Crippen LogP contribution in [-0.2, 0) is 10.8 Å². The Morgan fingerprint density at radius 1 is 0.321 bits per heavy atom. The Morgan fingerprint density at radius 2 is 0.690 bits per heavy atom. The number of benzene rings is 14. The number of hydrogen-bond acceptors (Lipinski definition) is 4. The molecule has 1 N–H and O–H groups in total. The van der Waals surface area contributed by atoms with Gasteiger partial charge in [-0.2, -0.15) is 0 Å². The highest BCUT2D eigenvalue weighted by atomic mass is 79.9. The van der Waals surface area contributed by atoms with Gasteiger partial charge >= 0.3 is 7.69 Å². The van der Waals surface area contributed by atoms with E-state index in [1.54, 1.807) is 11.3 Å². The lowest BCUT2D eigenvalue weighted by atomic mass is 9.81. The van der Waals surface area contributed by atoms with Crippen LogP contribution in [0.5, 0.6) is 5.75 Å². The smallest absolute Gasteiger partial charge is 0.536 e. The standard InChI is InChI=1S/C39H26S.C27H19Br.C12H8BO2S/c1-39(2)35-19-18-23(24-15-9-16-30-29-14-7-8-17-37(29)40-38(24)30)20-33(35)34-21-31-27-12-5-3-10-25(27)26-11-4-6-13-28(26)32(31)22-36(34)39;1-27(2)25-12-11-16(28)13-23(25)24-14-21-19-9-5-3-7-17(19)18-8-4-6-10-20(18)22(21)15-26(24)27;14-13-15-10-6-3-5-9-8-4-1-2-7-11(8)16-12(9)10/h3-22H,1-2H3;3-15H,1-2H3;1-7,14H. The quantitative estimate of drug-likeness (QED) is 0.141. The van der Waals surface area contributed by atoms with Gasteiger partial charge < -0.3 is 9.68 Å². The fourth-order valence-electron chi connectivity index (χ4n) is 14.3. The Morgan fingerprint density at radius 3 is 1.18 bits per heavy atom. The highest BCUT2D eigenvalue weighted by molar-refractivity contribution is 9.10. The first-order valence-corrected chi connectivity index (χ1v) is 31.1. The molecule has 6 heteroatoms. The van der Waals surface area contributed by atoms with E-state index in [1.165, 1.54) is 156 Å². The highest BCUT2D eigenvalue weighted by Crippen LogP contribution is 2.55. The molecule has 84 heavy (non-hydrogen) atoms. The first-order chi connectivity index (χ1) is 41.0. The van der Waals surface area contributed by atoms with Gasteiger partial charge in [-0.1, -0.05) is 226 Å². The van der Waals surface area contributed by atoms with Gasteiger partial charge in [0.15, 0.2) is 0 Å². The molecule has 0 saturated carbocycles. The molecule has 16 aromatic rings. The molecule has 14 aromatic carbocycles. The summed E-state index contributed by atoms with van der Waals surface area (Å²) in [7, 11) is 0.721. The Hall–Kier alpha value is -8.62. The van der Waals surface area contributed by atoms with Crippen molar-refractivity contribution in [3.63, 3.8) is 0 Å². The van der Waals surface area contributed by atoms with E-state index in [-0.39, 0.29) is 10.8 Å². The van der Waals surface area contributed by atoms with E-state index in [0.717, 1.165) is 16.9 Å². The summed E-state index contributed by atoms with van der Waals surface area (Å²) >= 11 is 7.25. The van der Waals surface area contributed by atoms with Crippen LogP contribution < -0.4 is 4.65 Å². The molecule has 399 valence electrons. The van der Waals surface area contributed by atoms with Crippen LogP contribution in [0.4, 0.5) is 0 Å². The van der Waals surface area contributed by atoms with Gasteiger partial charge in [0, 0.05) is 50.9 Å². The minimum atomic E-state index is -0.0617. The third-order valence-electron chi connectivity index (χ3n) is 18.3. The predicted molar refractivity (Wildman–Crippen MR) is 367 cm³/mol. The summed E-state index contributed by atoms with van der Waals surface area (Å²) in [4.78, 5) is 0. The van der Waals surface area contributed by atoms with Crippen LogP contribution in [0.3, 0.4) is 0 Å². The second kappa shape index (κ2) is 19.5. The highest BCUT2D eigenvalue weighted by Gasteiger charge is 2.38. The average molecular weight is 1180 g/mol. The third kappa shape index (κ3) is 7.77. The molecule has 2 nitrogen and oxygen atoms in total. The predicted octanol–water partition coefficient (Wildman–Crippen LogP) is 22.7. The molecule has 2 heterocycles. The van der Waals surface area contributed by atoms with E-state index in [4.69, 9.17) is 9.68 Å². The third-order valence-corrected chi connectivity index (χ3v) is 21.2. The topological polar surface area (TPSA) is 29.5 Å². The number of halogens is 1. The van der Waals surface area contributed by atoms with Crippen molar-refractivity contribution in [2.24, 2.45) is 0 Å². The van der Waals surface area contributed by atoms with Crippen molar-refractivity contribution in [2.45, 2.75) is 38.5 Å². The van der Waals surface area contributed by atoms with Gasteiger partial charge in [0.25, 0.3) is 0 Å². The molecule has 0 atom stereocenters. The molecule has 0 fully saturated rings. The number of hydrogen-bond donors (Lipinski definition) is 1. The van der Waals surface area contributed by atoms with Crippen molar-refractivity contribution in [3.8, 4) is 39.1 Å². The summed E-state index contributed by atoms with van der Waals surface area (Å²) < 4.78 is 11.2. The fourth-order valence-corrected chi connectivity index (χ4v) is 17.0. The summed E-state index contributed by atoms with van der Waals surface area (Å²) in [6.07, 6.45) is 0. The van der Waals surface area contributed by atoms with Crippen molar-refractivity contribution >= 4 is 151 Å². The lowest BCUT2D eigenvalue weighted by molar-refractivity contribution is 0.457. The van der Waals surface area contributed by atoms with Crippen molar-refractivity contribution in [1.82, 2.24) is 0 Å². The Labute approximate surface area is 504 Å². The molecule has 0 aliphatic heterocycles. The summed E-state index contributed by atoms with van der Waals surface area (Å²) in [5.74, 6) is 0.696. The summed E-state index contributed by atoms with van der Waals surface area (Å²) in [6.45, 7) is 9.47. The second-order valence-electron chi connectivity index (χ2n) is 23.5. The molecule has 0 bridgehead atoms. The van der Waals surface area contributed by atoms with Gasteiger partial charge in [-0.15, -0.1) is 22.7 Å². The largest absolute Gasteiger partial charge is 0.569 e. The van der Waals surface area contributed by atoms with Crippen molar-refractivity contribution in [3.05, 3.63) is 269 Å². The van der Waals surface area contributed by atoms with Crippen LogP contribution in [0.25, 0.3) is 138 Å². The molecular weight excluding hydrogens is 1120 g/mol. The lowest BCUT2D eigenvalue weighted by Gasteiger charge is -2.22. The molecule has 2 aliphatic rings. The van der Waals surface area contributed by atoms with Crippen molar-refractivity contribution in [1.29, 1.82) is 0 Å². The lowest BCUT2D eigenvalue weighted by Crippen LogP contribution is -2.14. The summed E-state index contributed by atoms with van der Waals surface area (Å²) in [6, 6.07) is 88.8.